The van der Waals surface area contributed by atoms with Gasteiger partial charge in [-0.25, -0.2) is 0 Å². The van der Waals surface area contributed by atoms with E-state index in [4.69, 9.17) is 5.11 Å². The van der Waals surface area contributed by atoms with Crippen molar-refractivity contribution in [3.05, 3.63) is 32.4 Å². The van der Waals surface area contributed by atoms with Crippen LogP contribution in [-0.4, -0.2) is 21.0 Å². The van der Waals surface area contributed by atoms with Gasteiger partial charge in [0.05, 0.1) is 4.47 Å². The van der Waals surface area contributed by atoms with Crippen LogP contribution < -0.4 is 0 Å². The average molecular weight is 261 g/mol. The number of hydrogen-bond acceptors (Lipinski definition) is 4. The lowest BCUT2D eigenvalue weighted by atomic mass is 10.3. The second kappa shape index (κ2) is 4.14. The summed E-state index contributed by atoms with van der Waals surface area (Å²) in [5.74, 6) is -1.44. The standard InChI is InChI=1S/C7H5BrN2O4/c8-4-1-2-6(10(13)14)9-5(4)3-7(11)12/h1-2H,3H2,(H,11,12). The molecule has 0 atom stereocenters. The Balaban J connectivity index is 3.08. The maximum absolute atomic E-state index is 10.4. The van der Waals surface area contributed by atoms with E-state index in [2.05, 4.69) is 20.9 Å². The molecule has 0 aliphatic rings. The minimum Gasteiger partial charge on any atom is -0.481 e. The Kier molecular flexibility index (Phi) is 3.13. The third-order valence-corrected chi connectivity index (χ3v) is 2.13. The first-order valence-electron chi connectivity index (χ1n) is 3.52. The fraction of sp³-hybridized carbons (Fsp3) is 0.143. The van der Waals surface area contributed by atoms with Gasteiger partial charge in [-0.05, 0) is 31.9 Å². The van der Waals surface area contributed by atoms with Crippen LogP contribution in [0.25, 0.3) is 0 Å². The number of nitrogens with zero attached hydrogens (tertiary/aromatic N) is 2. The molecule has 0 aromatic carbocycles. The van der Waals surface area contributed by atoms with Gasteiger partial charge in [0.25, 0.3) is 0 Å². The number of carboxylic acids is 1. The summed E-state index contributed by atoms with van der Waals surface area (Å²) in [6, 6.07) is 2.61. The largest absolute Gasteiger partial charge is 0.481 e. The Morgan fingerprint density at radius 3 is 2.79 bits per heavy atom. The van der Waals surface area contributed by atoms with Crippen LogP contribution >= 0.6 is 15.9 Å². The van der Waals surface area contributed by atoms with E-state index < -0.39 is 10.9 Å². The molecule has 0 radical (unpaired) electrons. The molecule has 6 nitrogen and oxygen atoms in total. The molecule has 1 aromatic rings. The maximum Gasteiger partial charge on any atom is 0.363 e. The summed E-state index contributed by atoms with van der Waals surface area (Å²) in [5, 5.41) is 18.8. The van der Waals surface area contributed by atoms with E-state index in [1.165, 1.54) is 12.1 Å². The Hall–Kier alpha value is -1.50. The Morgan fingerprint density at radius 1 is 1.64 bits per heavy atom. The van der Waals surface area contributed by atoms with Crippen LogP contribution in [0.2, 0.25) is 0 Å². The first-order valence-corrected chi connectivity index (χ1v) is 4.31. The van der Waals surface area contributed by atoms with Crippen molar-refractivity contribution in [2.24, 2.45) is 0 Å². The lowest BCUT2D eigenvalue weighted by molar-refractivity contribution is -0.389. The Bertz CT molecular complexity index is 393. The third kappa shape index (κ3) is 2.49. The van der Waals surface area contributed by atoms with Gasteiger partial charge >= 0.3 is 11.8 Å². The molecule has 0 aliphatic heterocycles. The quantitative estimate of drug-likeness (QED) is 0.655. The van der Waals surface area contributed by atoms with Crippen molar-refractivity contribution < 1.29 is 14.8 Å². The molecule has 7 heteroatoms. The number of carbonyl (C=O) groups is 1. The SMILES string of the molecule is O=C(O)Cc1nc([N+](=O)[O-])ccc1Br. The maximum atomic E-state index is 10.4. The monoisotopic (exact) mass is 260 g/mol. The summed E-state index contributed by atoms with van der Waals surface area (Å²) in [7, 11) is 0. The van der Waals surface area contributed by atoms with Crippen molar-refractivity contribution in [2.45, 2.75) is 6.42 Å². The van der Waals surface area contributed by atoms with E-state index >= 15 is 0 Å². The highest BCUT2D eigenvalue weighted by Crippen LogP contribution is 2.18. The molecule has 0 aliphatic carbocycles. The topological polar surface area (TPSA) is 93.3 Å². The zero-order valence-corrected chi connectivity index (χ0v) is 8.39. The molecular formula is C7H5BrN2O4. The van der Waals surface area contributed by atoms with Gasteiger partial charge in [0.2, 0.25) is 0 Å². The van der Waals surface area contributed by atoms with Gasteiger partial charge in [-0.2, -0.15) is 0 Å². The number of hydrogen-bond donors (Lipinski definition) is 1. The first kappa shape index (κ1) is 10.6. The molecule has 1 heterocycles. The van der Waals surface area contributed by atoms with Crippen molar-refractivity contribution in [3.63, 3.8) is 0 Å². The summed E-state index contributed by atoms with van der Waals surface area (Å²) in [5.41, 5.74) is 0.145. The third-order valence-electron chi connectivity index (χ3n) is 1.41. The normalized spacial score (nSPS) is 9.79. The zero-order chi connectivity index (χ0) is 10.7. The summed E-state index contributed by atoms with van der Waals surface area (Å²) in [6.07, 6.45) is -0.345. The lowest BCUT2D eigenvalue weighted by Crippen LogP contribution is -2.04. The molecule has 14 heavy (non-hydrogen) atoms. The number of pyridine rings is 1. The number of carboxylic acid groups (broad SMARTS) is 1. The number of rotatable bonds is 3. The van der Waals surface area contributed by atoms with Crippen molar-refractivity contribution in [3.8, 4) is 0 Å². The summed E-state index contributed by atoms with van der Waals surface area (Å²) in [4.78, 5) is 23.6. The van der Waals surface area contributed by atoms with Crippen LogP contribution in [-0.2, 0) is 11.2 Å². The number of aromatic nitrogens is 1. The van der Waals surface area contributed by atoms with Crippen LogP contribution in [0.15, 0.2) is 16.6 Å². The molecular weight excluding hydrogens is 256 g/mol. The van der Waals surface area contributed by atoms with E-state index in [0.717, 1.165) is 0 Å². The molecule has 1 N–H and O–H groups in total. The van der Waals surface area contributed by atoms with Gasteiger partial charge < -0.3 is 15.2 Å². The molecule has 0 amide bonds. The summed E-state index contributed by atoms with van der Waals surface area (Å²) in [6.45, 7) is 0. The number of aliphatic carboxylic acids is 1. The van der Waals surface area contributed by atoms with Crippen molar-refractivity contribution in [1.29, 1.82) is 0 Å². The summed E-state index contributed by atoms with van der Waals surface area (Å²) < 4.78 is 0.450. The summed E-state index contributed by atoms with van der Waals surface area (Å²) >= 11 is 3.06. The van der Waals surface area contributed by atoms with Crippen LogP contribution in [0.1, 0.15) is 5.69 Å². The van der Waals surface area contributed by atoms with Gasteiger partial charge in [0.1, 0.15) is 6.42 Å². The van der Waals surface area contributed by atoms with Gasteiger partial charge in [-0.1, -0.05) is 0 Å². The second-order valence-electron chi connectivity index (χ2n) is 2.43. The van der Waals surface area contributed by atoms with Crippen molar-refractivity contribution in [1.82, 2.24) is 4.98 Å². The molecule has 0 spiro atoms. The van der Waals surface area contributed by atoms with E-state index in [0.29, 0.717) is 4.47 Å². The molecule has 1 aromatic heterocycles. The van der Waals surface area contributed by atoms with Gasteiger partial charge in [-0.3, -0.25) is 4.79 Å². The first-order chi connectivity index (χ1) is 6.50. The predicted octanol–water partition coefficient (Wildman–Crippen LogP) is 1.38. The van der Waals surface area contributed by atoms with Crippen LogP contribution in [0, 0.1) is 10.1 Å². The predicted molar refractivity (Wildman–Crippen MR) is 49.9 cm³/mol. The van der Waals surface area contributed by atoms with E-state index in [1.807, 2.05) is 0 Å². The van der Waals surface area contributed by atoms with E-state index in [1.54, 1.807) is 0 Å². The van der Waals surface area contributed by atoms with Gasteiger partial charge in [0.15, 0.2) is 5.69 Å². The van der Waals surface area contributed by atoms with Crippen LogP contribution in [0.5, 0.6) is 0 Å². The highest BCUT2D eigenvalue weighted by molar-refractivity contribution is 9.10. The van der Waals surface area contributed by atoms with Gasteiger partial charge in [0, 0.05) is 6.07 Å². The van der Waals surface area contributed by atoms with Crippen molar-refractivity contribution >= 4 is 27.7 Å². The smallest absolute Gasteiger partial charge is 0.363 e. The van der Waals surface area contributed by atoms with Crippen molar-refractivity contribution in [2.75, 3.05) is 0 Å². The Labute approximate surface area is 86.9 Å². The molecule has 0 bridgehead atoms. The van der Waals surface area contributed by atoms with E-state index in [-0.39, 0.29) is 17.9 Å². The molecule has 0 saturated carbocycles. The van der Waals surface area contributed by atoms with Crippen LogP contribution in [0.4, 0.5) is 5.82 Å². The molecule has 0 fully saturated rings. The fourth-order valence-electron chi connectivity index (χ4n) is 0.842. The highest BCUT2D eigenvalue weighted by atomic mass is 79.9. The fourth-order valence-corrected chi connectivity index (χ4v) is 1.20. The van der Waals surface area contributed by atoms with Crippen LogP contribution in [0.3, 0.4) is 0 Å². The average Bonchev–Trinajstić information content (AvgIpc) is 2.07. The number of nitro groups is 1. The zero-order valence-electron chi connectivity index (χ0n) is 6.81. The Morgan fingerprint density at radius 2 is 2.29 bits per heavy atom. The minimum absolute atomic E-state index is 0.145. The molecule has 1 rings (SSSR count). The van der Waals surface area contributed by atoms with Gasteiger partial charge in [-0.15, -0.1) is 0 Å². The molecule has 0 saturated heterocycles. The number of halogens is 1. The van der Waals surface area contributed by atoms with E-state index in [9.17, 15) is 14.9 Å². The lowest BCUT2D eigenvalue weighted by Gasteiger charge is -1.96. The highest BCUT2D eigenvalue weighted by Gasteiger charge is 2.16. The molecule has 74 valence electrons. The second-order valence-corrected chi connectivity index (χ2v) is 3.28. The molecule has 0 unspecified atom stereocenters. The minimum atomic E-state index is -1.08.